The third kappa shape index (κ3) is 6.71. The van der Waals surface area contributed by atoms with E-state index < -0.39 is 47.2 Å². The third-order valence-corrected chi connectivity index (χ3v) is 5.21. The largest absolute Gasteiger partial charge is 0.481 e. The zero-order chi connectivity index (χ0) is 23.7. The van der Waals surface area contributed by atoms with Gasteiger partial charge in [0.05, 0.1) is 10.8 Å². The number of nitrogens with zero attached hydrogens (tertiary/aromatic N) is 1. The summed E-state index contributed by atoms with van der Waals surface area (Å²) < 4.78 is 0. The smallest absolute Gasteiger partial charge is 0.350 e. The molecule has 4 N–H and O–H groups in total. The van der Waals surface area contributed by atoms with E-state index in [2.05, 4.69) is 23.3 Å². The van der Waals surface area contributed by atoms with Crippen LogP contribution in [0.5, 0.6) is 0 Å². The molecule has 170 valence electrons. The van der Waals surface area contributed by atoms with Gasteiger partial charge in [0, 0.05) is 36.4 Å². The van der Waals surface area contributed by atoms with Gasteiger partial charge in [-0.3, -0.25) is 19.7 Å². The monoisotopic (exact) mass is 461 g/mol. The molecule has 2 aromatic rings. The first-order chi connectivity index (χ1) is 15.2. The molecular formula is C21H23N3O7S. The third-order valence-electron chi connectivity index (χ3n) is 4.77. The fraction of sp³-hybridized carbons (Fsp3) is 0.286. The minimum Gasteiger partial charge on any atom is -0.481 e. The number of hydrogen-bond donors (Lipinski definition) is 5. The van der Waals surface area contributed by atoms with Gasteiger partial charge in [0.2, 0.25) is 11.6 Å². The number of non-ortho nitro benzene ring substituents is 1. The van der Waals surface area contributed by atoms with Crippen LogP contribution in [0.25, 0.3) is 0 Å². The topological polar surface area (TPSA) is 159 Å². The van der Waals surface area contributed by atoms with Crippen molar-refractivity contribution >= 4 is 41.8 Å². The minimum absolute atomic E-state index is 0.132. The number of carbonyl (C=O) groups is 3. The molecule has 11 heteroatoms. The second kappa shape index (κ2) is 11.1. The molecule has 1 amide bonds. The Hall–Kier alpha value is -3.60. The molecule has 2 atom stereocenters. The number of rotatable bonds is 12. The van der Waals surface area contributed by atoms with E-state index in [0.717, 1.165) is 5.56 Å². The SMILES string of the molecule is O=C(O)CC[C@@](NC(=O)C(CS)Cc1ccccc1)(Nc1ccc([N+](=O)[O-])cc1)C(=O)O. The molecule has 0 aliphatic carbocycles. The second-order valence-corrected chi connectivity index (χ2v) is 7.46. The Morgan fingerprint density at radius 2 is 1.69 bits per heavy atom. The van der Waals surface area contributed by atoms with Crippen LogP contribution in [0.15, 0.2) is 54.6 Å². The van der Waals surface area contributed by atoms with Crippen molar-refractivity contribution in [3.63, 3.8) is 0 Å². The van der Waals surface area contributed by atoms with E-state index in [-0.39, 0.29) is 17.1 Å². The van der Waals surface area contributed by atoms with Gasteiger partial charge < -0.3 is 20.8 Å². The zero-order valence-electron chi connectivity index (χ0n) is 16.9. The Morgan fingerprint density at radius 1 is 1.06 bits per heavy atom. The van der Waals surface area contributed by atoms with Crippen molar-refractivity contribution in [2.24, 2.45) is 5.92 Å². The van der Waals surface area contributed by atoms with E-state index in [0.29, 0.717) is 6.42 Å². The van der Waals surface area contributed by atoms with Crippen LogP contribution >= 0.6 is 12.6 Å². The van der Waals surface area contributed by atoms with E-state index >= 15 is 0 Å². The van der Waals surface area contributed by atoms with Crippen LogP contribution in [0, 0.1) is 16.0 Å². The van der Waals surface area contributed by atoms with E-state index in [9.17, 15) is 29.6 Å². The molecule has 0 aliphatic heterocycles. The van der Waals surface area contributed by atoms with Crippen molar-refractivity contribution in [2.75, 3.05) is 11.1 Å². The van der Waals surface area contributed by atoms with E-state index in [1.807, 2.05) is 30.3 Å². The minimum atomic E-state index is -2.15. The lowest BCUT2D eigenvalue weighted by Gasteiger charge is -2.33. The molecule has 0 aliphatic rings. The number of hydrogen-bond acceptors (Lipinski definition) is 7. The first-order valence-electron chi connectivity index (χ1n) is 9.61. The number of aliphatic carboxylic acids is 2. The highest BCUT2D eigenvalue weighted by molar-refractivity contribution is 7.80. The van der Waals surface area contributed by atoms with Gasteiger partial charge in [-0.05, 0) is 24.1 Å². The standard InChI is InChI=1S/C21H23N3O7S/c25-18(26)10-11-21(20(28)29,22-16-6-8-17(9-7-16)24(30)31)23-19(27)15(13-32)12-14-4-2-1-3-5-14/h1-9,15,22,32H,10-13H2,(H,23,27)(H,25,26)(H,28,29)/t15?,21-/m0/s1. The summed E-state index contributed by atoms with van der Waals surface area (Å²) in [6.07, 6.45) is -0.704. The summed E-state index contributed by atoms with van der Waals surface area (Å²) in [5, 5.41) is 35.0. The molecule has 32 heavy (non-hydrogen) atoms. The zero-order valence-corrected chi connectivity index (χ0v) is 17.8. The van der Waals surface area contributed by atoms with Crippen LogP contribution in [-0.2, 0) is 20.8 Å². The van der Waals surface area contributed by atoms with Gasteiger partial charge in [-0.2, -0.15) is 12.6 Å². The quantitative estimate of drug-likeness (QED) is 0.140. The molecule has 0 aromatic heterocycles. The highest BCUT2D eigenvalue weighted by atomic mass is 32.1. The van der Waals surface area contributed by atoms with Gasteiger partial charge in [-0.1, -0.05) is 30.3 Å². The molecule has 1 unspecified atom stereocenters. The van der Waals surface area contributed by atoms with Crippen molar-refractivity contribution in [1.29, 1.82) is 0 Å². The normalized spacial score (nSPS) is 13.4. The maximum atomic E-state index is 13.0. The predicted octanol–water partition coefficient (Wildman–Crippen LogP) is 2.56. The molecule has 2 aromatic carbocycles. The molecule has 0 saturated carbocycles. The van der Waals surface area contributed by atoms with Gasteiger partial charge in [0.25, 0.3) is 5.69 Å². The van der Waals surface area contributed by atoms with Gasteiger partial charge in [0.15, 0.2) is 0 Å². The summed E-state index contributed by atoms with van der Waals surface area (Å²) in [6.45, 7) is 0. The number of benzene rings is 2. The number of nitrogens with one attached hydrogen (secondary N) is 2. The molecule has 0 bridgehead atoms. The van der Waals surface area contributed by atoms with Crippen LogP contribution in [0.1, 0.15) is 18.4 Å². The van der Waals surface area contributed by atoms with Crippen molar-refractivity contribution < 1.29 is 29.5 Å². The summed E-state index contributed by atoms with van der Waals surface area (Å²) >= 11 is 4.21. The Morgan fingerprint density at radius 3 is 2.19 bits per heavy atom. The number of carbonyl (C=O) groups excluding carboxylic acids is 1. The van der Waals surface area contributed by atoms with Crippen LogP contribution < -0.4 is 10.6 Å². The highest BCUT2D eigenvalue weighted by Crippen LogP contribution is 2.23. The van der Waals surface area contributed by atoms with Gasteiger partial charge in [0.1, 0.15) is 0 Å². The van der Waals surface area contributed by atoms with Crippen LogP contribution in [0.2, 0.25) is 0 Å². The fourth-order valence-corrected chi connectivity index (χ4v) is 3.32. The Bertz CT molecular complexity index is 969. The average Bonchev–Trinajstić information content (AvgIpc) is 2.76. The van der Waals surface area contributed by atoms with Crippen molar-refractivity contribution in [3.8, 4) is 0 Å². The molecule has 0 radical (unpaired) electrons. The highest BCUT2D eigenvalue weighted by Gasteiger charge is 2.42. The Kier molecular flexibility index (Phi) is 8.59. The van der Waals surface area contributed by atoms with Crippen LogP contribution in [0.4, 0.5) is 11.4 Å². The summed E-state index contributed by atoms with van der Waals surface area (Å²) in [6, 6.07) is 14.0. The number of carboxylic acids is 2. The summed E-state index contributed by atoms with van der Waals surface area (Å²) in [7, 11) is 0. The molecule has 0 heterocycles. The van der Waals surface area contributed by atoms with Gasteiger partial charge in [-0.15, -0.1) is 0 Å². The van der Waals surface area contributed by atoms with Crippen LogP contribution in [-0.4, -0.2) is 44.4 Å². The Labute approximate surface area is 189 Å². The van der Waals surface area contributed by atoms with Crippen molar-refractivity contribution in [3.05, 3.63) is 70.3 Å². The first-order valence-corrected chi connectivity index (χ1v) is 10.2. The van der Waals surface area contributed by atoms with Crippen LogP contribution in [0.3, 0.4) is 0 Å². The lowest BCUT2D eigenvalue weighted by atomic mass is 9.97. The van der Waals surface area contributed by atoms with Gasteiger partial charge in [-0.25, -0.2) is 4.79 Å². The average molecular weight is 461 g/mol. The number of amides is 1. The van der Waals surface area contributed by atoms with Crippen molar-refractivity contribution in [2.45, 2.75) is 24.9 Å². The summed E-state index contributed by atoms with van der Waals surface area (Å²) in [5.41, 5.74) is -1.33. The maximum absolute atomic E-state index is 13.0. The summed E-state index contributed by atoms with van der Waals surface area (Å²) in [5.74, 6) is -3.91. The lowest BCUT2D eigenvalue weighted by molar-refractivity contribution is -0.384. The lowest BCUT2D eigenvalue weighted by Crippen LogP contribution is -2.61. The molecule has 0 saturated heterocycles. The molecule has 10 nitrogen and oxygen atoms in total. The molecule has 0 fully saturated rings. The first kappa shape index (κ1) is 24.7. The predicted molar refractivity (Wildman–Crippen MR) is 120 cm³/mol. The number of thiol groups is 1. The Balaban J connectivity index is 2.31. The van der Waals surface area contributed by atoms with E-state index in [1.165, 1.54) is 24.3 Å². The molecule has 0 spiro atoms. The molecule has 2 rings (SSSR count). The second-order valence-electron chi connectivity index (χ2n) is 7.09. The van der Waals surface area contributed by atoms with Gasteiger partial charge >= 0.3 is 11.9 Å². The number of carboxylic acid groups (broad SMARTS) is 2. The maximum Gasteiger partial charge on any atom is 0.350 e. The number of nitro benzene ring substituents is 1. The van der Waals surface area contributed by atoms with Crippen molar-refractivity contribution in [1.82, 2.24) is 5.32 Å². The number of anilines is 1. The number of nitro groups is 1. The summed E-state index contributed by atoms with van der Waals surface area (Å²) in [4.78, 5) is 46.6. The fourth-order valence-electron chi connectivity index (χ4n) is 3.03. The van der Waals surface area contributed by atoms with E-state index in [1.54, 1.807) is 0 Å². The van der Waals surface area contributed by atoms with E-state index in [4.69, 9.17) is 5.11 Å². The molecular weight excluding hydrogens is 438 g/mol.